The van der Waals surface area contributed by atoms with Crippen LogP contribution in [0.2, 0.25) is 0 Å². The SMILES string of the molecule is COc1ccc2c(-c3ccc(O)cc3)nc3n[nH]c(C)c3c2c1OCC1CCN(C)CC1.O=C(O)C(F)(F)F. The molecule has 5 rings (SSSR count). The first-order valence-electron chi connectivity index (χ1n) is 12.3. The summed E-state index contributed by atoms with van der Waals surface area (Å²) in [5, 5.41) is 27.2. The number of aromatic nitrogens is 3. The van der Waals surface area contributed by atoms with E-state index in [0.29, 0.717) is 23.9 Å². The van der Waals surface area contributed by atoms with Crippen LogP contribution in [0.1, 0.15) is 18.5 Å². The Labute approximate surface area is 222 Å². The number of nitrogens with zero attached hydrogens (tertiary/aromatic N) is 3. The second-order valence-corrected chi connectivity index (χ2v) is 9.43. The number of aromatic amines is 1. The van der Waals surface area contributed by atoms with Gasteiger partial charge >= 0.3 is 12.1 Å². The highest BCUT2D eigenvalue weighted by atomic mass is 19.4. The van der Waals surface area contributed by atoms with Crippen molar-refractivity contribution in [3.05, 3.63) is 42.1 Å². The van der Waals surface area contributed by atoms with Gasteiger partial charge in [0.15, 0.2) is 17.1 Å². The van der Waals surface area contributed by atoms with E-state index in [1.54, 1.807) is 19.2 Å². The maximum Gasteiger partial charge on any atom is 0.490 e. The zero-order chi connectivity index (χ0) is 28.3. The second-order valence-electron chi connectivity index (χ2n) is 9.43. The van der Waals surface area contributed by atoms with Crippen molar-refractivity contribution in [1.29, 1.82) is 0 Å². The van der Waals surface area contributed by atoms with Crippen molar-refractivity contribution < 1.29 is 37.7 Å². The van der Waals surface area contributed by atoms with Gasteiger partial charge in [-0.2, -0.15) is 18.3 Å². The van der Waals surface area contributed by atoms with Crippen LogP contribution in [0.15, 0.2) is 36.4 Å². The number of H-pyrrole nitrogens is 1. The third-order valence-electron chi connectivity index (χ3n) is 6.68. The molecule has 12 heteroatoms. The minimum Gasteiger partial charge on any atom is -0.508 e. The lowest BCUT2D eigenvalue weighted by Crippen LogP contribution is -2.32. The molecule has 1 aliphatic rings. The van der Waals surface area contributed by atoms with Gasteiger partial charge < -0.3 is 24.6 Å². The number of alkyl halides is 3. The number of phenols is 1. The van der Waals surface area contributed by atoms with Gasteiger partial charge in [-0.05, 0) is 82.2 Å². The summed E-state index contributed by atoms with van der Waals surface area (Å²) in [5.74, 6) is -0.576. The molecule has 2 aromatic heterocycles. The molecule has 1 aliphatic heterocycles. The predicted molar refractivity (Wildman–Crippen MR) is 139 cm³/mol. The Bertz CT molecular complexity index is 1460. The van der Waals surface area contributed by atoms with Crippen molar-refractivity contribution in [3.8, 4) is 28.5 Å². The molecule has 0 unspecified atom stereocenters. The number of likely N-dealkylation sites (tertiary alicyclic amines) is 1. The highest BCUT2D eigenvalue weighted by Gasteiger charge is 2.38. The lowest BCUT2D eigenvalue weighted by molar-refractivity contribution is -0.192. The van der Waals surface area contributed by atoms with Crippen LogP contribution in [0.5, 0.6) is 17.2 Å². The zero-order valence-corrected chi connectivity index (χ0v) is 21.7. The fourth-order valence-corrected chi connectivity index (χ4v) is 4.55. The molecule has 3 N–H and O–H groups in total. The summed E-state index contributed by atoms with van der Waals surface area (Å²) in [6.07, 6.45) is -2.83. The Kier molecular flexibility index (Phi) is 8.14. The molecule has 0 spiro atoms. The molecule has 9 nitrogen and oxygen atoms in total. The lowest BCUT2D eigenvalue weighted by atomic mass is 9.97. The number of carboxylic acids is 1. The van der Waals surface area contributed by atoms with Crippen LogP contribution in [-0.4, -0.2) is 76.3 Å². The number of carbonyl (C=O) groups is 1. The Morgan fingerprint density at radius 2 is 1.77 bits per heavy atom. The fourth-order valence-electron chi connectivity index (χ4n) is 4.55. The number of piperidine rings is 1. The molecule has 1 fully saturated rings. The molecule has 3 heterocycles. The molecule has 4 aromatic rings. The summed E-state index contributed by atoms with van der Waals surface area (Å²) < 4.78 is 44.0. The number of hydrogen-bond acceptors (Lipinski definition) is 7. The highest BCUT2D eigenvalue weighted by molar-refractivity contribution is 6.14. The van der Waals surface area contributed by atoms with Gasteiger partial charge in [0.25, 0.3) is 0 Å². The van der Waals surface area contributed by atoms with Gasteiger partial charge in [0, 0.05) is 22.0 Å². The van der Waals surface area contributed by atoms with Gasteiger partial charge in [-0.25, -0.2) is 9.78 Å². The van der Waals surface area contributed by atoms with Gasteiger partial charge in [0.1, 0.15) is 5.75 Å². The third-order valence-corrected chi connectivity index (χ3v) is 6.68. The molecule has 0 saturated carbocycles. The van der Waals surface area contributed by atoms with Crippen molar-refractivity contribution in [3.63, 3.8) is 0 Å². The van der Waals surface area contributed by atoms with E-state index in [1.165, 1.54) is 0 Å². The Morgan fingerprint density at radius 3 is 2.36 bits per heavy atom. The predicted octanol–water partition coefficient (Wildman–Crippen LogP) is 5.15. The number of hydrogen-bond donors (Lipinski definition) is 3. The van der Waals surface area contributed by atoms with E-state index in [1.807, 2.05) is 31.2 Å². The first-order valence-corrected chi connectivity index (χ1v) is 12.3. The Morgan fingerprint density at radius 1 is 1.13 bits per heavy atom. The standard InChI is InChI=1S/C25H28N4O3.C2HF3O2/c1-15-21-22-19(23(26-25(21)28-27-15)17-4-6-18(30)7-5-17)8-9-20(31-3)24(22)32-14-16-10-12-29(2)13-11-16;3-2(4,5)1(6)7/h4-9,16,30H,10-14H2,1-3H3,(H,26,27,28);(H,6,7). The topological polar surface area (TPSA) is 121 Å². The molecule has 2 aromatic carbocycles. The molecule has 0 aliphatic carbocycles. The van der Waals surface area contributed by atoms with E-state index in [0.717, 1.165) is 64.8 Å². The first kappa shape index (κ1) is 28.0. The van der Waals surface area contributed by atoms with Gasteiger partial charge in [0.05, 0.1) is 24.8 Å². The molecule has 0 atom stereocenters. The number of nitrogens with one attached hydrogen (secondary N) is 1. The maximum absolute atomic E-state index is 10.6. The Hall–Kier alpha value is -4.06. The van der Waals surface area contributed by atoms with Crippen molar-refractivity contribution in [2.75, 3.05) is 33.9 Å². The van der Waals surface area contributed by atoms with Crippen LogP contribution >= 0.6 is 0 Å². The number of pyridine rings is 1. The van der Waals surface area contributed by atoms with Gasteiger partial charge in [-0.3, -0.25) is 5.10 Å². The van der Waals surface area contributed by atoms with Crippen molar-refractivity contribution >= 4 is 27.8 Å². The van der Waals surface area contributed by atoms with Crippen LogP contribution in [0.25, 0.3) is 33.1 Å². The molecule has 0 bridgehead atoms. The molecular weight excluding hydrogens is 517 g/mol. The molecule has 39 heavy (non-hydrogen) atoms. The maximum atomic E-state index is 10.6. The summed E-state index contributed by atoms with van der Waals surface area (Å²) >= 11 is 0. The summed E-state index contributed by atoms with van der Waals surface area (Å²) in [7, 11) is 3.84. The highest BCUT2D eigenvalue weighted by Crippen LogP contribution is 2.43. The number of aromatic hydroxyl groups is 1. The summed E-state index contributed by atoms with van der Waals surface area (Å²) in [4.78, 5) is 16.1. The Balaban J connectivity index is 0.000000448. The van der Waals surface area contributed by atoms with Crippen LogP contribution < -0.4 is 9.47 Å². The summed E-state index contributed by atoms with van der Waals surface area (Å²) in [6, 6.07) is 11.0. The van der Waals surface area contributed by atoms with Crippen LogP contribution in [0.3, 0.4) is 0 Å². The van der Waals surface area contributed by atoms with Crippen LogP contribution in [0, 0.1) is 12.8 Å². The average Bonchev–Trinajstić information content (AvgIpc) is 3.28. The zero-order valence-electron chi connectivity index (χ0n) is 21.7. The van der Waals surface area contributed by atoms with Crippen molar-refractivity contribution in [2.45, 2.75) is 25.9 Å². The smallest absolute Gasteiger partial charge is 0.490 e. The number of fused-ring (bicyclic) bond motifs is 3. The number of ether oxygens (including phenoxy) is 2. The van der Waals surface area contributed by atoms with Crippen LogP contribution in [-0.2, 0) is 4.79 Å². The van der Waals surface area contributed by atoms with E-state index in [2.05, 4.69) is 22.1 Å². The lowest BCUT2D eigenvalue weighted by Gasteiger charge is -2.29. The van der Waals surface area contributed by atoms with Crippen molar-refractivity contribution in [1.82, 2.24) is 20.1 Å². The first-order chi connectivity index (χ1) is 18.5. The van der Waals surface area contributed by atoms with E-state index >= 15 is 0 Å². The molecule has 208 valence electrons. The normalized spacial score (nSPS) is 14.7. The fraction of sp³-hybridized carbons (Fsp3) is 0.370. The number of phenolic OH excluding ortho intramolecular Hbond substituents is 1. The second kappa shape index (κ2) is 11.4. The van der Waals surface area contributed by atoms with Crippen LogP contribution in [0.4, 0.5) is 13.2 Å². The van der Waals surface area contributed by atoms with Gasteiger partial charge in [-0.1, -0.05) is 0 Å². The summed E-state index contributed by atoms with van der Waals surface area (Å²) in [5.41, 5.74) is 3.27. The number of halogens is 3. The van der Waals surface area contributed by atoms with Gasteiger partial charge in [0.2, 0.25) is 0 Å². The van der Waals surface area contributed by atoms with E-state index in [-0.39, 0.29) is 5.75 Å². The molecule has 0 radical (unpaired) electrons. The minimum absolute atomic E-state index is 0.221. The number of aliphatic carboxylic acids is 1. The number of carboxylic acid groups (broad SMARTS) is 1. The van der Waals surface area contributed by atoms with Crippen molar-refractivity contribution in [2.24, 2.45) is 5.92 Å². The minimum atomic E-state index is -5.08. The van der Waals surface area contributed by atoms with Gasteiger partial charge in [-0.15, -0.1) is 0 Å². The largest absolute Gasteiger partial charge is 0.508 e. The number of aryl methyl sites for hydroxylation is 1. The number of rotatable bonds is 5. The number of methoxy groups -OCH3 is 1. The molecule has 1 saturated heterocycles. The average molecular weight is 547 g/mol. The molecule has 0 amide bonds. The van der Waals surface area contributed by atoms with E-state index in [4.69, 9.17) is 24.4 Å². The monoisotopic (exact) mass is 546 g/mol. The molecular formula is C27H29F3N4O5. The van der Waals surface area contributed by atoms with E-state index in [9.17, 15) is 18.3 Å². The quantitative estimate of drug-likeness (QED) is 0.314. The van der Waals surface area contributed by atoms with E-state index < -0.39 is 12.1 Å². The number of benzene rings is 2. The summed E-state index contributed by atoms with van der Waals surface area (Å²) in [6.45, 7) is 4.84. The third kappa shape index (κ3) is 6.17.